The highest BCUT2D eigenvalue weighted by atomic mass is 16.5. The second-order valence-electron chi connectivity index (χ2n) is 10.9. The van der Waals surface area contributed by atoms with Crippen molar-refractivity contribution in [1.82, 2.24) is 24.8 Å². The van der Waals surface area contributed by atoms with Crippen LogP contribution in [-0.4, -0.2) is 80.6 Å². The van der Waals surface area contributed by atoms with E-state index in [9.17, 15) is 14.7 Å². The zero-order valence-electron chi connectivity index (χ0n) is 24.1. The molecule has 2 heterocycles. The van der Waals surface area contributed by atoms with Gasteiger partial charge in [0.1, 0.15) is 0 Å². The molecule has 1 aliphatic heterocycles. The monoisotopic (exact) mass is 563 g/mol. The predicted molar refractivity (Wildman–Crippen MR) is 157 cm³/mol. The van der Waals surface area contributed by atoms with Crippen molar-refractivity contribution in [2.75, 3.05) is 37.8 Å². The maximum absolute atomic E-state index is 13.1. The van der Waals surface area contributed by atoms with Gasteiger partial charge in [0.15, 0.2) is 0 Å². The van der Waals surface area contributed by atoms with Crippen molar-refractivity contribution in [1.29, 1.82) is 0 Å². The van der Waals surface area contributed by atoms with Gasteiger partial charge in [-0.15, -0.1) is 5.10 Å². The van der Waals surface area contributed by atoms with E-state index >= 15 is 0 Å². The average molecular weight is 564 g/mol. The highest BCUT2D eigenvalue weighted by Crippen LogP contribution is 2.20. The lowest BCUT2D eigenvalue weighted by Crippen LogP contribution is -2.47. The normalized spacial score (nSPS) is 19.2. The first-order chi connectivity index (χ1) is 19.7. The number of aliphatic hydroxyl groups is 1. The number of carbonyl (C=O) groups is 2. The number of nitrogens with two attached hydrogens (primary N) is 1. The minimum Gasteiger partial charge on any atom is -0.397 e. The molecular weight excluding hydrogens is 522 g/mol. The lowest BCUT2D eigenvalue weighted by molar-refractivity contribution is -0.136. The standard InChI is InChI=1S/C30H41N7O4/c1-21-16-36(22(2)19-38)29(39)9-6-14-37-25(15-32-34-37)20-41-28(21)18-35(3)17-23-10-12-24(13-11-23)30(40)33-27-8-5-4-7-26(27)31/h4-5,7-8,10-13,15,21-22,28,38H,6,9,14,16-20,31H2,1-3H3,(H,33,40)/t21-,22-,28+/m0/s1. The van der Waals surface area contributed by atoms with Gasteiger partial charge in [0, 0.05) is 44.1 Å². The Labute approximate surface area is 241 Å². The van der Waals surface area contributed by atoms with Gasteiger partial charge in [-0.25, -0.2) is 4.68 Å². The number of aliphatic hydroxyl groups excluding tert-OH is 1. The molecule has 220 valence electrons. The van der Waals surface area contributed by atoms with Crippen LogP contribution in [0.5, 0.6) is 0 Å². The number of hydrogen-bond donors (Lipinski definition) is 3. The minimum atomic E-state index is -0.276. The summed E-state index contributed by atoms with van der Waals surface area (Å²) in [6.45, 7) is 6.57. The van der Waals surface area contributed by atoms with Gasteiger partial charge in [-0.1, -0.05) is 36.4 Å². The number of rotatable bonds is 8. The second kappa shape index (κ2) is 14.2. The van der Waals surface area contributed by atoms with E-state index in [1.165, 1.54) is 0 Å². The van der Waals surface area contributed by atoms with Crippen LogP contribution in [0, 0.1) is 5.92 Å². The van der Waals surface area contributed by atoms with Gasteiger partial charge in [0.05, 0.1) is 48.6 Å². The van der Waals surface area contributed by atoms with Crippen molar-refractivity contribution in [2.24, 2.45) is 5.92 Å². The topological polar surface area (TPSA) is 139 Å². The molecule has 0 aliphatic carbocycles. The SMILES string of the molecule is C[C@H]1CN([C@@H](C)CO)C(=O)CCCn2nncc2CO[C@@H]1CN(C)Cc1ccc(C(=O)Nc2ccccc2N)cc1. The first kappa shape index (κ1) is 30.2. The number of ether oxygens (including phenoxy) is 1. The Kier molecular flexibility index (Phi) is 10.4. The number of carbonyl (C=O) groups excluding carboxylic acids is 2. The van der Waals surface area contributed by atoms with Crippen molar-refractivity contribution in [3.8, 4) is 0 Å². The third kappa shape index (κ3) is 8.12. The van der Waals surface area contributed by atoms with Crippen LogP contribution < -0.4 is 11.1 Å². The van der Waals surface area contributed by atoms with Gasteiger partial charge >= 0.3 is 0 Å². The lowest BCUT2D eigenvalue weighted by Gasteiger charge is -2.35. The van der Waals surface area contributed by atoms with E-state index in [1.807, 2.05) is 38.2 Å². The first-order valence-electron chi connectivity index (χ1n) is 14.1. The Morgan fingerprint density at radius 1 is 1.24 bits per heavy atom. The quantitative estimate of drug-likeness (QED) is 0.356. The molecule has 0 unspecified atom stereocenters. The molecule has 1 aromatic heterocycles. The Morgan fingerprint density at radius 3 is 2.73 bits per heavy atom. The van der Waals surface area contributed by atoms with E-state index in [2.05, 4.69) is 27.5 Å². The summed E-state index contributed by atoms with van der Waals surface area (Å²) in [5.41, 5.74) is 9.52. The van der Waals surface area contributed by atoms with Gasteiger partial charge < -0.3 is 25.8 Å². The number of anilines is 2. The van der Waals surface area contributed by atoms with E-state index in [0.717, 1.165) is 11.3 Å². The number of amides is 2. The van der Waals surface area contributed by atoms with Crippen molar-refractivity contribution < 1.29 is 19.4 Å². The Bertz CT molecular complexity index is 1300. The summed E-state index contributed by atoms with van der Waals surface area (Å²) < 4.78 is 8.22. The number of para-hydroxylation sites is 2. The fraction of sp³-hybridized carbons (Fsp3) is 0.467. The molecular formula is C30H41N7O4. The van der Waals surface area contributed by atoms with E-state index in [0.29, 0.717) is 62.6 Å². The minimum absolute atomic E-state index is 0.00986. The largest absolute Gasteiger partial charge is 0.397 e. The number of nitrogens with one attached hydrogen (secondary N) is 1. The van der Waals surface area contributed by atoms with Crippen molar-refractivity contribution in [3.63, 3.8) is 0 Å². The molecule has 3 atom stereocenters. The first-order valence-corrected chi connectivity index (χ1v) is 14.1. The zero-order valence-corrected chi connectivity index (χ0v) is 24.1. The predicted octanol–water partition coefficient (Wildman–Crippen LogP) is 2.77. The van der Waals surface area contributed by atoms with Crippen molar-refractivity contribution in [3.05, 3.63) is 71.5 Å². The number of nitrogens with zero attached hydrogens (tertiary/aromatic N) is 5. The summed E-state index contributed by atoms with van der Waals surface area (Å²) in [7, 11) is 2.02. The average Bonchev–Trinajstić information content (AvgIpc) is 3.41. The Balaban J connectivity index is 1.42. The van der Waals surface area contributed by atoms with Crippen LogP contribution in [0.1, 0.15) is 48.3 Å². The molecule has 0 spiro atoms. The summed E-state index contributed by atoms with van der Waals surface area (Å²) in [5, 5.41) is 20.9. The van der Waals surface area contributed by atoms with E-state index < -0.39 is 0 Å². The highest BCUT2D eigenvalue weighted by Gasteiger charge is 2.28. The Hall–Kier alpha value is -3.80. The van der Waals surface area contributed by atoms with E-state index in [4.69, 9.17) is 10.5 Å². The summed E-state index contributed by atoms with van der Waals surface area (Å²) in [6, 6.07) is 14.4. The molecule has 4 rings (SSSR count). The number of aromatic nitrogens is 3. The molecule has 11 nitrogen and oxygen atoms in total. The summed E-state index contributed by atoms with van der Waals surface area (Å²) in [5.74, 6) is -0.189. The van der Waals surface area contributed by atoms with Gasteiger partial charge in [0.2, 0.25) is 5.91 Å². The van der Waals surface area contributed by atoms with Crippen LogP contribution >= 0.6 is 0 Å². The number of benzene rings is 2. The fourth-order valence-electron chi connectivity index (χ4n) is 5.00. The molecule has 0 fully saturated rings. The molecule has 11 heteroatoms. The third-order valence-corrected chi connectivity index (χ3v) is 7.51. The van der Waals surface area contributed by atoms with Gasteiger partial charge in [-0.05, 0) is 50.2 Å². The summed E-state index contributed by atoms with van der Waals surface area (Å²) in [4.78, 5) is 29.7. The number of fused-ring (bicyclic) bond motifs is 1. The van der Waals surface area contributed by atoms with Crippen LogP contribution in [0.15, 0.2) is 54.7 Å². The summed E-state index contributed by atoms with van der Waals surface area (Å²) >= 11 is 0. The lowest BCUT2D eigenvalue weighted by atomic mass is 10.0. The van der Waals surface area contributed by atoms with Gasteiger partial charge in [-0.2, -0.15) is 0 Å². The van der Waals surface area contributed by atoms with Crippen LogP contribution in [-0.2, 0) is 29.2 Å². The fourth-order valence-corrected chi connectivity index (χ4v) is 5.00. The molecule has 4 N–H and O–H groups in total. The smallest absolute Gasteiger partial charge is 0.255 e. The zero-order chi connectivity index (χ0) is 29.4. The van der Waals surface area contributed by atoms with Gasteiger partial charge in [0.25, 0.3) is 5.91 Å². The molecule has 2 aromatic carbocycles. The molecule has 3 aromatic rings. The van der Waals surface area contributed by atoms with Crippen molar-refractivity contribution >= 4 is 23.2 Å². The van der Waals surface area contributed by atoms with Gasteiger partial charge in [-0.3, -0.25) is 14.5 Å². The van der Waals surface area contributed by atoms with Crippen LogP contribution in [0.3, 0.4) is 0 Å². The maximum atomic E-state index is 13.1. The van der Waals surface area contributed by atoms with Crippen LogP contribution in [0.25, 0.3) is 0 Å². The third-order valence-electron chi connectivity index (χ3n) is 7.51. The van der Waals surface area contributed by atoms with Crippen molar-refractivity contribution in [2.45, 2.75) is 58.5 Å². The Morgan fingerprint density at radius 2 is 2.00 bits per heavy atom. The number of nitrogen functional groups attached to an aromatic ring is 1. The summed E-state index contributed by atoms with van der Waals surface area (Å²) in [6.07, 6.45) is 2.55. The molecule has 41 heavy (non-hydrogen) atoms. The van der Waals surface area contributed by atoms with E-state index in [1.54, 1.807) is 40.0 Å². The molecule has 0 saturated heterocycles. The molecule has 0 bridgehead atoms. The number of likely N-dealkylation sites (N-methyl/N-ethyl adjacent to an activating group) is 1. The van der Waals surface area contributed by atoms with Crippen LogP contribution in [0.4, 0.5) is 11.4 Å². The number of hydrogen-bond acceptors (Lipinski definition) is 8. The molecule has 0 radical (unpaired) electrons. The molecule has 1 aliphatic rings. The highest BCUT2D eigenvalue weighted by molar-refractivity contribution is 6.05. The maximum Gasteiger partial charge on any atom is 0.255 e. The molecule has 0 saturated carbocycles. The molecule has 2 amide bonds. The van der Waals surface area contributed by atoms with E-state index in [-0.39, 0.29) is 36.5 Å². The number of aryl methyl sites for hydroxylation is 1. The second-order valence-corrected chi connectivity index (χ2v) is 10.9. The van der Waals surface area contributed by atoms with Crippen LogP contribution in [0.2, 0.25) is 0 Å².